The minimum Gasteiger partial charge on any atom is -0.444 e. The van der Waals surface area contributed by atoms with E-state index in [9.17, 15) is 4.79 Å². The quantitative estimate of drug-likeness (QED) is 0.688. The Balaban J connectivity index is 1.95. The maximum atomic E-state index is 12.0. The van der Waals surface area contributed by atoms with Gasteiger partial charge in [0.05, 0.1) is 5.52 Å². The molecular formula is C18H27N7O3. The van der Waals surface area contributed by atoms with E-state index in [1.807, 2.05) is 41.5 Å². The summed E-state index contributed by atoms with van der Waals surface area (Å²) in [6, 6.07) is 0. The van der Waals surface area contributed by atoms with Gasteiger partial charge in [0.15, 0.2) is 0 Å². The Hall–Kier alpha value is -2.75. The lowest BCUT2D eigenvalue weighted by Gasteiger charge is -2.20. The van der Waals surface area contributed by atoms with E-state index in [0.717, 1.165) is 28.1 Å². The zero-order valence-corrected chi connectivity index (χ0v) is 17.2. The number of nitrogens with one attached hydrogen (secondary N) is 1. The summed E-state index contributed by atoms with van der Waals surface area (Å²) < 4.78 is 14.6. The molecule has 0 aliphatic carbocycles. The van der Waals surface area contributed by atoms with Gasteiger partial charge in [-0.15, -0.1) is 5.10 Å². The van der Waals surface area contributed by atoms with Crippen molar-refractivity contribution in [3.8, 4) is 0 Å². The molecule has 3 aromatic rings. The first-order valence-corrected chi connectivity index (χ1v) is 9.34. The van der Waals surface area contributed by atoms with Crippen molar-refractivity contribution in [2.24, 2.45) is 0 Å². The number of ether oxygens (including phenoxy) is 2. The molecule has 0 spiro atoms. The second-order valence-corrected chi connectivity index (χ2v) is 7.57. The Bertz CT molecular complexity index is 1000. The van der Waals surface area contributed by atoms with Crippen LogP contribution < -0.4 is 5.32 Å². The van der Waals surface area contributed by atoms with Crippen LogP contribution in [0.25, 0.3) is 16.7 Å². The molecule has 3 aromatic heterocycles. The van der Waals surface area contributed by atoms with Gasteiger partial charge in [-0.05, 0) is 57.5 Å². The van der Waals surface area contributed by atoms with E-state index < -0.39 is 11.7 Å². The predicted octanol–water partition coefficient (Wildman–Crippen LogP) is 2.15. The van der Waals surface area contributed by atoms with Crippen LogP contribution in [0.4, 0.5) is 4.79 Å². The number of carbonyl (C=O) groups is 1. The molecule has 0 aromatic carbocycles. The summed E-state index contributed by atoms with van der Waals surface area (Å²) in [5, 5.41) is 14.8. The van der Waals surface area contributed by atoms with Crippen LogP contribution in [0, 0.1) is 13.8 Å². The predicted molar refractivity (Wildman–Crippen MR) is 103 cm³/mol. The third-order valence-electron chi connectivity index (χ3n) is 4.38. The fourth-order valence-corrected chi connectivity index (χ4v) is 3.05. The van der Waals surface area contributed by atoms with Gasteiger partial charge in [0.25, 0.3) is 0 Å². The highest BCUT2D eigenvalue weighted by Gasteiger charge is 2.21. The van der Waals surface area contributed by atoms with Crippen molar-refractivity contribution in [2.45, 2.75) is 60.3 Å². The lowest BCUT2D eigenvalue weighted by Crippen LogP contribution is -2.34. The molecular weight excluding hydrogens is 362 g/mol. The molecule has 0 atom stereocenters. The number of hydrogen-bond acceptors (Lipinski definition) is 7. The summed E-state index contributed by atoms with van der Waals surface area (Å²) in [6.45, 7) is 13.3. The van der Waals surface area contributed by atoms with Crippen LogP contribution in [0.2, 0.25) is 0 Å². The molecule has 1 amide bonds. The van der Waals surface area contributed by atoms with Crippen molar-refractivity contribution >= 4 is 22.8 Å². The fraction of sp³-hybridized carbons (Fsp3) is 0.611. The molecule has 152 valence electrons. The molecule has 1 N–H and O–H groups in total. The summed E-state index contributed by atoms with van der Waals surface area (Å²) >= 11 is 0. The molecule has 0 aliphatic rings. The number of tetrazole rings is 1. The largest absolute Gasteiger partial charge is 0.444 e. The Morgan fingerprint density at radius 2 is 2.00 bits per heavy atom. The zero-order valence-electron chi connectivity index (χ0n) is 17.2. The number of hydrogen-bond donors (Lipinski definition) is 1. The van der Waals surface area contributed by atoms with E-state index >= 15 is 0 Å². The molecule has 10 heteroatoms. The maximum Gasteiger partial charge on any atom is 0.407 e. The van der Waals surface area contributed by atoms with E-state index in [1.54, 1.807) is 4.52 Å². The van der Waals surface area contributed by atoms with Crippen LogP contribution in [-0.2, 0) is 22.6 Å². The molecule has 0 unspecified atom stereocenters. The van der Waals surface area contributed by atoms with Crippen molar-refractivity contribution in [2.75, 3.05) is 13.2 Å². The van der Waals surface area contributed by atoms with Gasteiger partial charge in [-0.3, -0.25) is 0 Å². The number of imidazole rings is 1. The van der Waals surface area contributed by atoms with Crippen LogP contribution in [0.3, 0.4) is 0 Å². The molecule has 10 nitrogen and oxygen atoms in total. The van der Waals surface area contributed by atoms with Crippen LogP contribution in [0.5, 0.6) is 0 Å². The second kappa shape index (κ2) is 7.70. The molecule has 0 bridgehead atoms. The summed E-state index contributed by atoms with van der Waals surface area (Å²) in [5.41, 5.74) is 3.71. The fourth-order valence-electron chi connectivity index (χ4n) is 3.05. The Kier molecular flexibility index (Phi) is 5.50. The first-order chi connectivity index (χ1) is 13.2. The number of carbonyl (C=O) groups excluding carboxylic acids is 1. The van der Waals surface area contributed by atoms with Gasteiger partial charge in [-0.2, -0.15) is 4.52 Å². The van der Waals surface area contributed by atoms with Gasteiger partial charge in [-0.1, -0.05) is 0 Å². The van der Waals surface area contributed by atoms with E-state index in [0.29, 0.717) is 32.0 Å². The monoisotopic (exact) mass is 389 g/mol. The van der Waals surface area contributed by atoms with Crippen molar-refractivity contribution in [1.82, 2.24) is 34.9 Å². The highest BCUT2D eigenvalue weighted by Crippen LogP contribution is 2.26. The van der Waals surface area contributed by atoms with Gasteiger partial charge < -0.3 is 19.4 Å². The van der Waals surface area contributed by atoms with Gasteiger partial charge >= 0.3 is 6.09 Å². The summed E-state index contributed by atoms with van der Waals surface area (Å²) in [5.74, 6) is 0.765. The van der Waals surface area contributed by atoms with Crippen molar-refractivity contribution in [3.05, 3.63) is 17.1 Å². The van der Waals surface area contributed by atoms with Crippen LogP contribution in [0.15, 0.2) is 0 Å². The van der Waals surface area contributed by atoms with E-state index in [-0.39, 0.29) is 0 Å². The number of aromatic nitrogens is 6. The highest BCUT2D eigenvalue weighted by molar-refractivity contribution is 5.91. The van der Waals surface area contributed by atoms with Gasteiger partial charge in [0, 0.05) is 25.4 Å². The van der Waals surface area contributed by atoms with Crippen molar-refractivity contribution < 1.29 is 14.3 Å². The average Bonchev–Trinajstić information content (AvgIpc) is 3.21. The summed E-state index contributed by atoms with van der Waals surface area (Å²) in [7, 11) is 0. The molecule has 28 heavy (non-hydrogen) atoms. The number of pyridine rings is 1. The highest BCUT2D eigenvalue weighted by atomic mass is 16.6. The van der Waals surface area contributed by atoms with E-state index in [2.05, 4.69) is 25.4 Å². The number of amides is 1. The lowest BCUT2D eigenvalue weighted by atomic mass is 10.2. The standard InChI is InChI=1S/C18H27N7O3/c1-7-27-10-13-20-14-15(11(2)12(3)25-16(14)21-22-23-25)24(13)9-8-19-17(26)28-18(4,5)6/h7-10H2,1-6H3,(H,19,26). The van der Waals surface area contributed by atoms with Crippen LogP contribution in [0.1, 0.15) is 44.8 Å². The van der Waals surface area contributed by atoms with Gasteiger partial charge in [-0.25, -0.2) is 9.78 Å². The number of fused-ring (bicyclic) bond motifs is 3. The first-order valence-electron chi connectivity index (χ1n) is 9.34. The molecule has 0 radical (unpaired) electrons. The SMILES string of the molecule is CCOCc1nc2c(c(C)c(C)n3nnnc23)n1CCNC(=O)OC(C)(C)C. The Labute approximate surface area is 163 Å². The molecule has 0 saturated heterocycles. The van der Waals surface area contributed by atoms with Crippen molar-refractivity contribution in [1.29, 1.82) is 0 Å². The molecule has 0 saturated carbocycles. The molecule has 3 rings (SSSR count). The van der Waals surface area contributed by atoms with Gasteiger partial charge in [0.2, 0.25) is 5.65 Å². The summed E-state index contributed by atoms with van der Waals surface area (Å²) in [4.78, 5) is 16.7. The number of nitrogens with zero attached hydrogens (tertiary/aromatic N) is 6. The third-order valence-corrected chi connectivity index (χ3v) is 4.38. The number of aryl methyl sites for hydroxylation is 2. The normalized spacial score (nSPS) is 12.1. The smallest absolute Gasteiger partial charge is 0.407 e. The lowest BCUT2D eigenvalue weighted by molar-refractivity contribution is 0.0526. The van der Waals surface area contributed by atoms with E-state index in [1.165, 1.54) is 0 Å². The molecule has 0 fully saturated rings. The average molecular weight is 389 g/mol. The van der Waals surface area contributed by atoms with E-state index in [4.69, 9.17) is 14.5 Å². The minimum absolute atomic E-state index is 0.365. The number of alkyl carbamates (subject to hydrolysis) is 1. The Morgan fingerprint density at radius 3 is 2.68 bits per heavy atom. The molecule has 0 aliphatic heterocycles. The Morgan fingerprint density at radius 1 is 1.25 bits per heavy atom. The zero-order chi connectivity index (χ0) is 20.5. The van der Waals surface area contributed by atoms with Crippen molar-refractivity contribution in [3.63, 3.8) is 0 Å². The third kappa shape index (κ3) is 3.91. The first kappa shape index (κ1) is 20.0. The molecule has 3 heterocycles. The number of rotatable bonds is 6. The maximum absolute atomic E-state index is 12.0. The van der Waals surface area contributed by atoms with Gasteiger partial charge in [0.1, 0.15) is 23.5 Å². The van der Waals surface area contributed by atoms with Crippen LogP contribution in [-0.4, -0.2) is 54.4 Å². The topological polar surface area (TPSA) is 108 Å². The summed E-state index contributed by atoms with van der Waals surface area (Å²) in [6.07, 6.45) is -0.444. The minimum atomic E-state index is -0.536. The van der Waals surface area contributed by atoms with Crippen LogP contribution >= 0.6 is 0 Å². The second-order valence-electron chi connectivity index (χ2n) is 7.57.